The second kappa shape index (κ2) is 8.91. The summed E-state index contributed by atoms with van der Waals surface area (Å²) >= 11 is 6.64. The van der Waals surface area contributed by atoms with Crippen molar-refractivity contribution in [3.63, 3.8) is 0 Å². The number of nitriles is 1. The van der Waals surface area contributed by atoms with Gasteiger partial charge in [0, 0.05) is 18.0 Å². The predicted octanol–water partition coefficient (Wildman–Crippen LogP) is 4.88. The number of nitrogens with one attached hydrogen (secondary N) is 1. The fraction of sp³-hybridized carbons (Fsp3) is 0.619. The van der Waals surface area contributed by atoms with Gasteiger partial charge >= 0.3 is 6.09 Å². The third-order valence-corrected chi connectivity index (χ3v) is 4.17. The van der Waals surface area contributed by atoms with E-state index in [1.165, 1.54) is 7.11 Å². The number of hydrogen-bond acceptors (Lipinski definition) is 5. The highest BCUT2D eigenvalue weighted by atomic mass is 35.5. The summed E-state index contributed by atoms with van der Waals surface area (Å²) in [4.78, 5) is 11.3. The van der Waals surface area contributed by atoms with Crippen molar-refractivity contribution in [1.82, 2.24) is 5.32 Å². The molecule has 0 saturated heterocycles. The van der Waals surface area contributed by atoms with Crippen molar-refractivity contribution in [1.29, 1.82) is 5.26 Å². The van der Waals surface area contributed by atoms with Gasteiger partial charge in [-0.2, -0.15) is 5.26 Å². The molecule has 0 bridgehead atoms. The Labute approximate surface area is 173 Å². The van der Waals surface area contributed by atoms with Crippen LogP contribution in [0.25, 0.3) is 0 Å². The number of ether oxygens (including phenoxy) is 3. The molecule has 1 unspecified atom stereocenters. The first-order chi connectivity index (χ1) is 12.7. The average Bonchev–Trinajstić information content (AvgIpc) is 2.55. The molecule has 28 heavy (non-hydrogen) atoms. The maximum absolute atomic E-state index is 12.0. The highest BCUT2D eigenvalue weighted by Crippen LogP contribution is 2.37. The van der Waals surface area contributed by atoms with Gasteiger partial charge in [0.15, 0.2) is 0 Å². The molecule has 1 N–H and O–H groups in total. The molecule has 1 rings (SSSR count). The molecule has 1 atom stereocenters. The smallest absolute Gasteiger partial charge is 0.407 e. The Morgan fingerprint density at radius 1 is 1.21 bits per heavy atom. The number of nitrogens with zero attached hydrogens (tertiary/aromatic N) is 1. The van der Waals surface area contributed by atoms with Crippen LogP contribution < -0.4 is 14.8 Å². The highest BCUT2D eigenvalue weighted by molar-refractivity contribution is 6.23. The van der Waals surface area contributed by atoms with E-state index in [0.29, 0.717) is 23.6 Å². The normalized spacial score (nSPS) is 13.3. The van der Waals surface area contributed by atoms with Crippen LogP contribution in [0.2, 0.25) is 0 Å². The zero-order chi connectivity index (χ0) is 21.8. The maximum atomic E-state index is 12.0. The van der Waals surface area contributed by atoms with E-state index in [0.717, 1.165) is 0 Å². The minimum Gasteiger partial charge on any atom is -0.495 e. The second-order valence-electron chi connectivity index (χ2n) is 8.88. The van der Waals surface area contributed by atoms with Gasteiger partial charge in [0.25, 0.3) is 0 Å². The van der Waals surface area contributed by atoms with Crippen molar-refractivity contribution in [3.05, 3.63) is 23.8 Å². The standard InChI is InChI=1S/C21H31ClN2O4/c1-19(2,3)28-18(25)24-13-20(4,5)17(21(6,7)22)27-15-10-9-14(12-23)16(11-15)26-8/h9-11,17H,13H2,1-8H3,(H,24,25). The van der Waals surface area contributed by atoms with Crippen LogP contribution in [0, 0.1) is 16.7 Å². The molecule has 0 aliphatic heterocycles. The van der Waals surface area contributed by atoms with Crippen LogP contribution in [0.5, 0.6) is 11.5 Å². The molecule has 1 amide bonds. The zero-order valence-electron chi connectivity index (χ0n) is 18.0. The van der Waals surface area contributed by atoms with Crippen LogP contribution in [0.15, 0.2) is 18.2 Å². The Balaban J connectivity index is 3.02. The van der Waals surface area contributed by atoms with Crippen molar-refractivity contribution >= 4 is 17.7 Å². The molecule has 0 aliphatic rings. The Morgan fingerprint density at radius 2 is 1.82 bits per heavy atom. The van der Waals surface area contributed by atoms with Gasteiger partial charge in [-0.3, -0.25) is 0 Å². The van der Waals surface area contributed by atoms with Gasteiger partial charge in [-0.1, -0.05) is 13.8 Å². The summed E-state index contributed by atoms with van der Waals surface area (Å²) in [5.41, 5.74) is -0.680. The van der Waals surface area contributed by atoms with Gasteiger partial charge < -0.3 is 19.5 Å². The lowest BCUT2D eigenvalue weighted by Crippen LogP contribution is -2.52. The lowest BCUT2D eigenvalue weighted by molar-refractivity contribution is 0.0311. The molecule has 0 spiro atoms. The first kappa shape index (κ1) is 23.9. The number of rotatable bonds is 7. The fourth-order valence-electron chi connectivity index (χ4n) is 2.91. The van der Waals surface area contributed by atoms with Crippen molar-refractivity contribution in [2.45, 2.75) is 65.0 Å². The van der Waals surface area contributed by atoms with Gasteiger partial charge in [0.05, 0.1) is 17.5 Å². The zero-order valence-corrected chi connectivity index (χ0v) is 18.7. The quantitative estimate of drug-likeness (QED) is 0.647. The SMILES string of the molecule is COc1cc(OC(C(C)(C)Cl)C(C)(C)CNC(=O)OC(C)(C)C)ccc1C#N. The van der Waals surface area contributed by atoms with Crippen molar-refractivity contribution in [3.8, 4) is 17.6 Å². The van der Waals surface area contributed by atoms with Crippen molar-refractivity contribution in [2.24, 2.45) is 5.41 Å². The van der Waals surface area contributed by atoms with Gasteiger partial charge in [-0.05, 0) is 46.8 Å². The van der Waals surface area contributed by atoms with E-state index in [1.54, 1.807) is 18.2 Å². The number of carbonyl (C=O) groups excluding carboxylic acids is 1. The number of alkyl halides is 1. The molecule has 0 saturated carbocycles. The van der Waals surface area contributed by atoms with E-state index >= 15 is 0 Å². The predicted molar refractivity (Wildman–Crippen MR) is 110 cm³/mol. The topological polar surface area (TPSA) is 80.6 Å². The van der Waals surface area contributed by atoms with E-state index in [4.69, 9.17) is 31.1 Å². The lowest BCUT2D eigenvalue weighted by atomic mass is 9.80. The van der Waals surface area contributed by atoms with Crippen LogP contribution in [-0.4, -0.2) is 36.3 Å². The number of hydrogen-bond donors (Lipinski definition) is 1. The van der Waals surface area contributed by atoms with Gasteiger partial charge in [0.1, 0.15) is 29.3 Å². The first-order valence-corrected chi connectivity index (χ1v) is 9.48. The molecule has 0 heterocycles. The summed E-state index contributed by atoms with van der Waals surface area (Å²) in [7, 11) is 1.50. The number of carbonyl (C=O) groups is 1. The van der Waals surface area contributed by atoms with E-state index < -0.39 is 28.1 Å². The lowest BCUT2D eigenvalue weighted by Gasteiger charge is -2.41. The molecule has 0 fully saturated rings. The summed E-state index contributed by atoms with van der Waals surface area (Å²) in [5.74, 6) is 0.954. The summed E-state index contributed by atoms with van der Waals surface area (Å²) in [6.45, 7) is 13.4. The summed E-state index contributed by atoms with van der Waals surface area (Å²) < 4.78 is 16.8. The second-order valence-corrected chi connectivity index (χ2v) is 9.85. The van der Waals surface area contributed by atoms with Crippen LogP contribution in [0.1, 0.15) is 54.0 Å². The molecule has 156 valence electrons. The van der Waals surface area contributed by atoms with Crippen molar-refractivity contribution < 1.29 is 19.0 Å². The van der Waals surface area contributed by atoms with E-state index in [9.17, 15) is 4.79 Å². The number of halogens is 1. The van der Waals surface area contributed by atoms with Gasteiger partial charge in [-0.15, -0.1) is 11.6 Å². The number of amides is 1. The minimum absolute atomic E-state index is 0.302. The van der Waals surface area contributed by atoms with Gasteiger partial charge in [-0.25, -0.2) is 4.79 Å². The maximum Gasteiger partial charge on any atom is 0.407 e. The van der Waals surface area contributed by atoms with Crippen LogP contribution >= 0.6 is 11.6 Å². The molecule has 0 radical (unpaired) electrons. The molecule has 1 aromatic rings. The summed E-state index contributed by atoms with van der Waals surface area (Å²) in [6.07, 6.45) is -0.957. The molecule has 0 aromatic heterocycles. The fourth-order valence-corrected chi connectivity index (χ4v) is 3.25. The van der Waals surface area contributed by atoms with Crippen LogP contribution in [0.3, 0.4) is 0 Å². The Kier molecular flexibility index (Phi) is 7.61. The Bertz CT molecular complexity index is 727. The van der Waals surface area contributed by atoms with E-state index in [-0.39, 0.29) is 0 Å². The number of alkyl carbamates (subject to hydrolysis) is 1. The molecule has 0 aliphatic carbocycles. The summed E-state index contributed by atoms with van der Waals surface area (Å²) in [5, 5.41) is 11.9. The molecule has 6 nitrogen and oxygen atoms in total. The van der Waals surface area contributed by atoms with Crippen LogP contribution in [0.4, 0.5) is 4.79 Å². The third-order valence-electron chi connectivity index (χ3n) is 3.97. The molecule has 1 aromatic carbocycles. The van der Waals surface area contributed by atoms with E-state index in [1.807, 2.05) is 48.5 Å². The van der Waals surface area contributed by atoms with Crippen molar-refractivity contribution in [2.75, 3.05) is 13.7 Å². The molecular formula is C21H31ClN2O4. The Hall–Kier alpha value is -2.13. The van der Waals surface area contributed by atoms with E-state index in [2.05, 4.69) is 11.4 Å². The summed E-state index contributed by atoms with van der Waals surface area (Å²) in [6, 6.07) is 7.07. The first-order valence-electron chi connectivity index (χ1n) is 9.10. The molecular weight excluding hydrogens is 380 g/mol. The Morgan fingerprint density at radius 3 is 2.29 bits per heavy atom. The third kappa shape index (κ3) is 7.12. The monoisotopic (exact) mass is 410 g/mol. The minimum atomic E-state index is -0.736. The average molecular weight is 411 g/mol. The molecule has 7 heteroatoms. The van der Waals surface area contributed by atoms with Crippen LogP contribution in [-0.2, 0) is 4.74 Å². The largest absolute Gasteiger partial charge is 0.495 e. The highest BCUT2D eigenvalue weighted by Gasteiger charge is 2.42. The number of benzene rings is 1. The van der Waals surface area contributed by atoms with Gasteiger partial charge in [0.2, 0.25) is 0 Å². The number of methoxy groups -OCH3 is 1.